The van der Waals surface area contributed by atoms with Crippen LogP contribution in [-0.4, -0.2) is 18.9 Å². The topological polar surface area (TPSA) is 67.4 Å². The summed E-state index contributed by atoms with van der Waals surface area (Å²) < 4.78 is 5.14. The Morgan fingerprint density at radius 3 is 2.70 bits per heavy atom. The third-order valence-corrected chi connectivity index (χ3v) is 4.10. The lowest BCUT2D eigenvalue weighted by atomic mass is 9.85. The molecule has 5 heteroatoms. The highest BCUT2D eigenvalue weighted by Crippen LogP contribution is 2.37. The van der Waals surface area contributed by atoms with Gasteiger partial charge in [0.05, 0.1) is 12.5 Å². The molecule has 2 amide bonds. The van der Waals surface area contributed by atoms with Gasteiger partial charge in [-0.3, -0.25) is 9.59 Å². The normalized spacial score (nSPS) is 14.8. The van der Waals surface area contributed by atoms with Gasteiger partial charge in [-0.2, -0.15) is 0 Å². The fourth-order valence-corrected chi connectivity index (χ4v) is 2.62. The van der Waals surface area contributed by atoms with Crippen LogP contribution in [0.4, 0.5) is 11.4 Å². The summed E-state index contributed by atoms with van der Waals surface area (Å²) in [5, 5.41) is 5.67. The van der Waals surface area contributed by atoms with Crippen LogP contribution in [0, 0.1) is 0 Å². The average molecular weight is 310 g/mol. The number of amides is 2. The van der Waals surface area contributed by atoms with Crippen molar-refractivity contribution < 1.29 is 14.3 Å². The number of hydrogen-bond donors (Lipinski definition) is 2. The molecule has 1 heterocycles. The zero-order chi connectivity index (χ0) is 16.6. The van der Waals surface area contributed by atoms with Crippen molar-refractivity contribution in [3.8, 4) is 5.75 Å². The molecule has 118 valence electrons. The number of ether oxygens (including phenoxy) is 1. The molecule has 2 aromatic carbocycles. The lowest BCUT2D eigenvalue weighted by molar-refractivity contribution is -0.119. The van der Waals surface area contributed by atoms with E-state index in [4.69, 9.17) is 4.74 Å². The number of fused-ring (bicyclic) bond motifs is 1. The van der Waals surface area contributed by atoms with Gasteiger partial charge in [-0.15, -0.1) is 0 Å². The lowest BCUT2D eigenvalue weighted by Gasteiger charge is -2.15. The fourth-order valence-electron chi connectivity index (χ4n) is 2.62. The quantitative estimate of drug-likeness (QED) is 0.915. The van der Waals surface area contributed by atoms with E-state index in [1.807, 2.05) is 26.0 Å². The van der Waals surface area contributed by atoms with E-state index in [-0.39, 0.29) is 11.8 Å². The molecule has 0 aromatic heterocycles. The first-order valence-corrected chi connectivity index (χ1v) is 7.33. The van der Waals surface area contributed by atoms with Crippen molar-refractivity contribution >= 4 is 23.2 Å². The molecular weight excluding hydrogens is 292 g/mol. The Kier molecular flexibility index (Phi) is 3.56. The summed E-state index contributed by atoms with van der Waals surface area (Å²) in [4.78, 5) is 24.4. The molecule has 3 rings (SSSR count). The Bertz CT molecular complexity index is 797. The Balaban J connectivity index is 1.87. The predicted molar refractivity (Wildman–Crippen MR) is 89.0 cm³/mol. The van der Waals surface area contributed by atoms with Gasteiger partial charge in [0.2, 0.25) is 5.91 Å². The number of hydrogen-bond acceptors (Lipinski definition) is 3. The summed E-state index contributed by atoms with van der Waals surface area (Å²) in [5.41, 5.74) is 2.12. The first-order valence-electron chi connectivity index (χ1n) is 7.33. The standard InChI is InChI=1S/C18H18N2O3/c1-18(2)14-9-11(7-8-15(14)20-17(18)22)16(21)19-12-5-4-6-13(10-12)23-3/h4-10H,1-3H3,(H,19,21)(H,20,22). The van der Waals surface area contributed by atoms with Gasteiger partial charge in [-0.05, 0) is 49.7 Å². The molecule has 0 radical (unpaired) electrons. The zero-order valence-electron chi connectivity index (χ0n) is 13.3. The Morgan fingerprint density at radius 1 is 1.17 bits per heavy atom. The molecule has 0 bridgehead atoms. The molecule has 2 N–H and O–H groups in total. The monoisotopic (exact) mass is 310 g/mol. The van der Waals surface area contributed by atoms with Crippen molar-refractivity contribution in [2.45, 2.75) is 19.3 Å². The summed E-state index contributed by atoms with van der Waals surface area (Å²) in [6, 6.07) is 12.4. The highest BCUT2D eigenvalue weighted by Gasteiger charge is 2.38. The van der Waals surface area contributed by atoms with Crippen molar-refractivity contribution in [2.75, 3.05) is 17.7 Å². The Morgan fingerprint density at radius 2 is 1.96 bits per heavy atom. The number of carbonyl (C=O) groups is 2. The minimum absolute atomic E-state index is 0.0575. The molecule has 5 nitrogen and oxygen atoms in total. The molecule has 23 heavy (non-hydrogen) atoms. The number of benzene rings is 2. The SMILES string of the molecule is COc1cccc(NC(=O)c2ccc3c(c2)C(C)(C)C(=O)N3)c1. The summed E-state index contributed by atoms with van der Waals surface area (Å²) in [6.07, 6.45) is 0. The second kappa shape index (κ2) is 5.43. The van der Waals surface area contributed by atoms with Crippen LogP contribution in [-0.2, 0) is 10.2 Å². The molecule has 0 spiro atoms. The number of methoxy groups -OCH3 is 1. The Hall–Kier alpha value is -2.82. The number of rotatable bonds is 3. The highest BCUT2D eigenvalue weighted by molar-refractivity contribution is 6.09. The largest absolute Gasteiger partial charge is 0.497 e. The van der Waals surface area contributed by atoms with Crippen molar-refractivity contribution in [1.29, 1.82) is 0 Å². The zero-order valence-corrected chi connectivity index (χ0v) is 13.3. The van der Waals surface area contributed by atoms with E-state index in [0.29, 0.717) is 17.0 Å². The summed E-state index contributed by atoms with van der Waals surface area (Å²) in [5.74, 6) is 0.390. The van der Waals surface area contributed by atoms with E-state index in [9.17, 15) is 9.59 Å². The molecular formula is C18H18N2O3. The van der Waals surface area contributed by atoms with Crippen LogP contribution < -0.4 is 15.4 Å². The molecule has 2 aromatic rings. The average Bonchev–Trinajstić information content (AvgIpc) is 2.77. The van der Waals surface area contributed by atoms with Gasteiger partial charge in [0.1, 0.15) is 5.75 Å². The van der Waals surface area contributed by atoms with Gasteiger partial charge in [0.25, 0.3) is 5.91 Å². The van der Waals surface area contributed by atoms with Crippen LogP contribution in [0.5, 0.6) is 5.75 Å². The van der Waals surface area contributed by atoms with Gasteiger partial charge in [-0.25, -0.2) is 0 Å². The summed E-state index contributed by atoms with van der Waals surface area (Å²) in [7, 11) is 1.58. The molecule has 0 saturated carbocycles. The van der Waals surface area contributed by atoms with E-state index in [2.05, 4.69) is 10.6 Å². The van der Waals surface area contributed by atoms with Gasteiger partial charge < -0.3 is 15.4 Å². The molecule has 0 saturated heterocycles. The van der Waals surface area contributed by atoms with Crippen LogP contribution in [0.2, 0.25) is 0 Å². The molecule has 1 aliphatic heterocycles. The van der Waals surface area contributed by atoms with Gasteiger partial charge in [0.15, 0.2) is 0 Å². The Labute approximate surface area is 134 Å². The van der Waals surface area contributed by atoms with Crippen LogP contribution in [0.25, 0.3) is 0 Å². The highest BCUT2D eigenvalue weighted by atomic mass is 16.5. The third kappa shape index (κ3) is 2.65. The van der Waals surface area contributed by atoms with Gasteiger partial charge in [-0.1, -0.05) is 6.07 Å². The molecule has 1 aliphatic rings. The van der Waals surface area contributed by atoms with Crippen molar-refractivity contribution in [3.05, 3.63) is 53.6 Å². The number of anilines is 2. The van der Waals surface area contributed by atoms with E-state index in [1.165, 1.54) is 0 Å². The maximum absolute atomic E-state index is 12.4. The van der Waals surface area contributed by atoms with Gasteiger partial charge >= 0.3 is 0 Å². The van der Waals surface area contributed by atoms with E-state index in [1.54, 1.807) is 37.4 Å². The number of carbonyl (C=O) groups excluding carboxylic acids is 2. The van der Waals surface area contributed by atoms with E-state index in [0.717, 1.165) is 11.3 Å². The maximum atomic E-state index is 12.4. The first kappa shape index (κ1) is 15.1. The molecule has 0 atom stereocenters. The minimum Gasteiger partial charge on any atom is -0.497 e. The minimum atomic E-state index is -0.637. The predicted octanol–water partition coefficient (Wildman–Crippen LogP) is 3.18. The van der Waals surface area contributed by atoms with Crippen LogP contribution in [0.1, 0.15) is 29.8 Å². The lowest BCUT2D eigenvalue weighted by Crippen LogP contribution is -2.27. The molecule has 0 unspecified atom stereocenters. The van der Waals surface area contributed by atoms with Crippen molar-refractivity contribution in [2.24, 2.45) is 0 Å². The molecule has 0 aliphatic carbocycles. The van der Waals surface area contributed by atoms with E-state index < -0.39 is 5.41 Å². The number of nitrogens with one attached hydrogen (secondary N) is 2. The van der Waals surface area contributed by atoms with Crippen LogP contribution in [0.15, 0.2) is 42.5 Å². The second-order valence-corrected chi connectivity index (χ2v) is 6.03. The summed E-state index contributed by atoms with van der Waals surface area (Å²) in [6.45, 7) is 3.69. The maximum Gasteiger partial charge on any atom is 0.255 e. The van der Waals surface area contributed by atoms with Crippen LogP contribution in [0.3, 0.4) is 0 Å². The molecule has 0 fully saturated rings. The summed E-state index contributed by atoms with van der Waals surface area (Å²) >= 11 is 0. The third-order valence-electron chi connectivity index (χ3n) is 4.10. The first-order chi connectivity index (χ1) is 10.9. The van der Waals surface area contributed by atoms with Crippen LogP contribution >= 0.6 is 0 Å². The van der Waals surface area contributed by atoms with Gasteiger partial charge in [0, 0.05) is 23.0 Å². The van der Waals surface area contributed by atoms with Crippen molar-refractivity contribution in [3.63, 3.8) is 0 Å². The van der Waals surface area contributed by atoms with E-state index >= 15 is 0 Å². The fraction of sp³-hybridized carbons (Fsp3) is 0.222. The van der Waals surface area contributed by atoms with Crippen molar-refractivity contribution in [1.82, 2.24) is 0 Å². The smallest absolute Gasteiger partial charge is 0.255 e. The second-order valence-electron chi connectivity index (χ2n) is 6.03.